The first-order chi connectivity index (χ1) is 25.4. The number of hydrogen-bond donors (Lipinski definition) is 6. The van der Waals surface area contributed by atoms with Crippen molar-refractivity contribution in [1.82, 2.24) is 26.2 Å². The van der Waals surface area contributed by atoms with Crippen LogP contribution in [0.25, 0.3) is 0 Å². The van der Waals surface area contributed by atoms with Crippen molar-refractivity contribution < 1.29 is 48.5 Å². The van der Waals surface area contributed by atoms with Gasteiger partial charge in [-0.15, -0.1) is 0 Å². The Morgan fingerprint density at radius 3 is 2.13 bits per heavy atom. The number of likely N-dealkylation sites (N-methyl/N-ethyl adjacent to an activating group) is 1. The van der Waals surface area contributed by atoms with Crippen molar-refractivity contribution in [2.45, 2.75) is 97.5 Å². The Morgan fingerprint density at radius 2 is 1.57 bits per heavy atom. The van der Waals surface area contributed by atoms with Crippen molar-refractivity contribution in [3.8, 4) is 0 Å². The van der Waals surface area contributed by atoms with Crippen molar-refractivity contribution in [1.29, 1.82) is 0 Å². The van der Waals surface area contributed by atoms with Gasteiger partial charge in [-0.25, -0.2) is 9.59 Å². The number of rotatable bonds is 10. The third-order valence-corrected chi connectivity index (χ3v) is 9.53. The summed E-state index contributed by atoms with van der Waals surface area (Å²) >= 11 is 0. The molecule has 15 heteroatoms. The number of carbonyl (C=O) groups excluding carboxylic acids is 5. The summed E-state index contributed by atoms with van der Waals surface area (Å²) in [7, 11) is 2.90. The number of allylic oxidation sites excluding steroid dienone is 3. The fourth-order valence-electron chi connectivity index (χ4n) is 5.96. The van der Waals surface area contributed by atoms with Gasteiger partial charge in [0, 0.05) is 26.5 Å². The topological polar surface area (TPSA) is 221 Å². The predicted molar refractivity (Wildman–Crippen MR) is 200 cm³/mol. The van der Waals surface area contributed by atoms with Gasteiger partial charge < -0.3 is 41.1 Å². The molecule has 1 aliphatic rings. The molecule has 2 rings (SSSR count). The second kappa shape index (κ2) is 21.4. The van der Waals surface area contributed by atoms with Gasteiger partial charge in [-0.1, -0.05) is 87.9 Å². The molecule has 15 nitrogen and oxygen atoms in total. The molecule has 296 valence electrons. The zero-order valence-electron chi connectivity index (χ0n) is 32.3. The minimum Gasteiger partial charge on any atom is -0.480 e. The molecular weight excluding hydrogens is 698 g/mol. The van der Waals surface area contributed by atoms with E-state index in [0.717, 1.165) is 16.0 Å². The minimum absolute atomic E-state index is 0.0345. The van der Waals surface area contributed by atoms with Crippen molar-refractivity contribution in [3.63, 3.8) is 0 Å². The number of carboxylic acid groups (broad SMARTS) is 2. The van der Waals surface area contributed by atoms with Gasteiger partial charge in [0.1, 0.15) is 23.8 Å². The molecule has 1 saturated heterocycles. The summed E-state index contributed by atoms with van der Waals surface area (Å²) in [6.07, 6.45) is 6.45. The molecule has 1 aromatic rings. The third kappa shape index (κ3) is 13.0. The molecule has 0 aliphatic carbocycles. The molecule has 0 radical (unpaired) electrons. The molecule has 0 saturated carbocycles. The molecule has 0 unspecified atom stereocenters. The van der Waals surface area contributed by atoms with Crippen LogP contribution in [0.5, 0.6) is 0 Å². The first-order valence-corrected chi connectivity index (χ1v) is 18.0. The first-order valence-electron chi connectivity index (χ1n) is 18.0. The van der Waals surface area contributed by atoms with Crippen LogP contribution in [0.2, 0.25) is 0 Å². The average molecular weight is 754 g/mol. The van der Waals surface area contributed by atoms with E-state index in [1.807, 2.05) is 50.3 Å². The number of carboxylic acids is 2. The van der Waals surface area contributed by atoms with Gasteiger partial charge in [0.25, 0.3) is 5.91 Å². The largest absolute Gasteiger partial charge is 0.480 e. The maximum Gasteiger partial charge on any atom is 0.327 e. The van der Waals surface area contributed by atoms with Gasteiger partial charge in [-0.05, 0) is 38.7 Å². The third-order valence-electron chi connectivity index (χ3n) is 9.53. The standard InChI is InChI=1S/C39H55N5O10/c1-9-27-36(48)41-28(17-16-22(3)20-23(4)31(54-8)21-26-14-12-11-13-15-26)24(5)34(46)42-29(38(50)51)18-19-32(45)44(7)30(10-2)37(49)43-33(39(52)53)25(6)35(47)40-27/h10-17,20,23-25,27-29,31,33H,9,18-19,21H2,1-8H3,(H,40,47)(H,41,48)(H,42,46)(H,43,49)(H,50,51)(H,52,53)/b17-16+,22-20+,30-10-/t23-,24-,25-,27-,28-,29+,31-,33+/m0/s1. The summed E-state index contributed by atoms with van der Waals surface area (Å²) in [4.78, 5) is 92.2. The highest BCUT2D eigenvalue weighted by Crippen LogP contribution is 2.18. The van der Waals surface area contributed by atoms with Crippen LogP contribution in [0, 0.1) is 17.8 Å². The molecule has 6 N–H and O–H groups in total. The molecule has 0 aromatic heterocycles. The number of amides is 5. The molecule has 8 atom stereocenters. The van der Waals surface area contributed by atoms with Crippen LogP contribution in [-0.2, 0) is 44.7 Å². The highest BCUT2D eigenvalue weighted by atomic mass is 16.5. The number of aliphatic carboxylic acids is 2. The Bertz CT molecular complexity index is 1610. The van der Waals surface area contributed by atoms with Crippen LogP contribution in [0.3, 0.4) is 0 Å². The smallest absolute Gasteiger partial charge is 0.327 e. The Morgan fingerprint density at radius 1 is 0.944 bits per heavy atom. The van der Waals surface area contributed by atoms with Crippen molar-refractivity contribution in [2.75, 3.05) is 14.2 Å². The monoisotopic (exact) mass is 753 g/mol. The van der Waals surface area contributed by atoms with Crippen LogP contribution in [0.4, 0.5) is 0 Å². The average Bonchev–Trinajstić information content (AvgIpc) is 3.13. The van der Waals surface area contributed by atoms with E-state index >= 15 is 0 Å². The molecule has 1 heterocycles. The molecule has 1 aromatic carbocycles. The lowest BCUT2D eigenvalue weighted by Crippen LogP contribution is -2.56. The summed E-state index contributed by atoms with van der Waals surface area (Å²) < 4.78 is 5.77. The van der Waals surface area contributed by atoms with Crippen LogP contribution in [0.15, 0.2) is 65.9 Å². The molecular formula is C39H55N5O10. The number of hydrogen-bond acceptors (Lipinski definition) is 8. The summed E-state index contributed by atoms with van der Waals surface area (Å²) in [5.74, 6) is -9.27. The van der Waals surface area contributed by atoms with Crippen molar-refractivity contribution in [2.24, 2.45) is 17.8 Å². The van der Waals surface area contributed by atoms with Gasteiger partial charge in [-0.3, -0.25) is 24.0 Å². The molecule has 0 bridgehead atoms. The zero-order valence-corrected chi connectivity index (χ0v) is 32.3. The first kappa shape index (κ1) is 44.8. The van der Waals surface area contributed by atoms with Gasteiger partial charge >= 0.3 is 11.9 Å². The quantitative estimate of drug-likeness (QED) is 0.151. The van der Waals surface area contributed by atoms with E-state index in [4.69, 9.17) is 4.74 Å². The lowest BCUT2D eigenvalue weighted by Gasteiger charge is -2.27. The number of nitrogens with one attached hydrogen (secondary N) is 4. The van der Waals surface area contributed by atoms with E-state index in [2.05, 4.69) is 21.3 Å². The normalized spacial score (nSPS) is 26.4. The maximum absolute atomic E-state index is 13.7. The second-order valence-corrected chi connectivity index (χ2v) is 13.5. The van der Waals surface area contributed by atoms with Crippen molar-refractivity contribution >= 4 is 41.5 Å². The summed E-state index contributed by atoms with van der Waals surface area (Å²) in [6.45, 7) is 9.70. The Labute approximate surface area is 316 Å². The number of nitrogens with zero attached hydrogens (tertiary/aromatic N) is 1. The summed E-state index contributed by atoms with van der Waals surface area (Å²) in [6, 6.07) is 4.48. The fourth-order valence-corrected chi connectivity index (χ4v) is 5.96. The predicted octanol–water partition coefficient (Wildman–Crippen LogP) is 2.33. The highest BCUT2D eigenvalue weighted by molar-refractivity contribution is 6.00. The highest BCUT2D eigenvalue weighted by Gasteiger charge is 2.36. The SMILES string of the molecule is C/C=C1/C(=O)N[C@@H](C(=O)O)[C@H](C)C(=O)N[C@@H](CC)C(=O)N[C@@H](/C=C/C(C)=C/[C@H](C)[C@H](Cc2ccccc2)OC)[C@H](C)C(=O)N[C@@H](C(=O)O)CCC(=O)N1C. The number of benzene rings is 1. The Hall–Kier alpha value is -5.31. The van der Waals surface area contributed by atoms with Gasteiger partial charge in [0.2, 0.25) is 23.6 Å². The Kier molecular flexibility index (Phi) is 17.8. The van der Waals surface area contributed by atoms with E-state index in [1.165, 1.54) is 33.9 Å². The van der Waals surface area contributed by atoms with Gasteiger partial charge in [-0.2, -0.15) is 0 Å². The maximum atomic E-state index is 13.7. The molecule has 1 fully saturated rings. The van der Waals surface area contributed by atoms with Crippen LogP contribution in [-0.4, -0.2) is 101 Å². The van der Waals surface area contributed by atoms with Crippen LogP contribution >= 0.6 is 0 Å². The molecule has 54 heavy (non-hydrogen) atoms. The zero-order chi connectivity index (χ0) is 40.7. The van der Waals surface area contributed by atoms with E-state index in [0.29, 0.717) is 6.42 Å². The summed E-state index contributed by atoms with van der Waals surface area (Å²) in [5, 5.41) is 29.9. The van der Waals surface area contributed by atoms with Crippen LogP contribution in [0.1, 0.15) is 66.4 Å². The molecule has 1 aliphatic heterocycles. The lowest BCUT2D eigenvalue weighted by atomic mass is 9.94. The van der Waals surface area contributed by atoms with Gasteiger partial charge in [0.05, 0.1) is 24.0 Å². The van der Waals surface area contributed by atoms with Crippen LogP contribution < -0.4 is 21.3 Å². The fraction of sp³-hybridized carbons (Fsp3) is 0.513. The molecule has 0 spiro atoms. The number of methoxy groups -OCH3 is 1. The van der Waals surface area contributed by atoms with E-state index < -0.39 is 83.9 Å². The van der Waals surface area contributed by atoms with Crippen molar-refractivity contribution in [3.05, 3.63) is 71.5 Å². The number of ether oxygens (including phenoxy) is 1. The number of carbonyl (C=O) groups is 7. The summed E-state index contributed by atoms with van der Waals surface area (Å²) in [5.41, 5.74) is 1.66. The second-order valence-electron chi connectivity index (χ2n) is 13.5. The van der Waals surface area contributed by atoms with E-state index in [-0.39, 0.29) is 30.6 Å². The molecule has 5 amide bonds. The van der Waals surface area contributed by atoms with Gasteiger partial charge in [0.15, 0.2) is 0 Å². The lowest BCUT2D eigenvalue weighted by molar-refractivity contribution is -0.146. The van der Waals surface area contributed by atoms with E-state index in [1.54, 1.807) is 26.2 Å². The van der Waals surface area contributed by atoms with E-state index in [9.17, 15) is 43.8 Å². The Balaban J connectivity index is 2.53. The minimum atomic E-state index is -1.74.